The van der Waals surface area contributed by atoms with Gasteiger partial charge in [-0.25, -0.2) is 9.78 Å². The summed E-state index contributed by atoms with van der Waals surface area (Å²) in [6.07, 6.45) is 0.560. The van der Waals surface area contributed by atoms with Crippen molar-refractivity contribution in [3.05, 3.63) is 40.5 Å². The van der Waals surface area contributed by atoms with Crippen LogP contribution in [0.4, 0.5) is 4.79 Å². The highest BCUT2D eigenvalue weighted by atomic mass is 35.5. The van der Waals surface area contributed by atoms with Gasteiger partial charge in [-0.1, -0.05) is 38.4 Å². The Hall–Kier alpha value is -2.38. The van der Waals surface area contributed by atoms with Crippen molar-refractivity contribution in [2.45, 2.75) is 51.8 Å². The second kappa shape index (κ2) is 7.46. The Balaban J connectivity index is 2.32. The van der Waals surface area contributed by atoms with Crippen LogP contribution in [0.15, 0.2) is 24.4 Å². The van der Waals surface area contributed by atoms with Gasteiger partial charge < -0.3 is 14.6 Å². The average Bonchev–Trinajstić information content (AvgIpc) is 2.95. The van der Waals surface area contributed by atoms with Crippen molar-refractivity contribution >= 4 is 17.7 Å². The minimum absolute atomic E-state index is 0.224. The normalized spacial score (nSPS) is 18.7. The predicted octanol–water partition coefficient (Wildman–Crippen LogP) is 4.89. The number of methoxy groups -OCH3 is 1. The molecule has 29 heavy (non-hydrogen) atoms. The molecule has 1 aromatic heterocycles. The number of hydrogen-bond donors (Lipinski definition) is 1. The Morgan fingerprint density at radius 3 is 2.62 bits per heavy atom. The Kier molecular flexibility index (Phi) is 5.49. The van der Waals surface area contributed by atoms with Crippen LogP contribution in [-0.4, -0.2) is 45.5 Å². The van der Waals surface area contributed by atoms with E-state index in [0.717, 1.165) is 11.1 Å². The third-order valence-electron chi connectivity index (χ3n) is 5.05. The van der Waals surface area contributed by atoms with Crippen LogP contribution in [0.3, 0.4) is 0 Å². The van der Waals surface area contributed by atoms with Crippen LogP contribution in [-0.2, 0) is 10.2 Å². The molecule has 8 heteroatoms. The number of benzene rings is 1. The van der Waals surface area contributed by atoms with Crippen molar-refractivity contribution in [2.75, 3.05) is 13.7 Å². The van der Waals surface area contributed by atoms with E-state index in [-0.39, 0.29) is 12.0 Å². The van der Waals surface area contributed by atoms with E-state index >= 15 is 0 Å². The molecule has 1 aliphatic rings. The second-order valence-corrected chi connectivity index (χ2v) is 8.89. The van der Waals surface area contributed by atoms with Crippen LogP contribution in [0, 0.1) is 0 Å². The van der Waals surface area contributed by atoms with Crippen molar-refractivity contribution in [3.8, 4) is 17.3 Å². The topological polar surface area (TPSA) is 84.8 Å². The van der Waals surface area contributed by atoms with Crippen molar-refractivity contribution in [3.63, 3.8) is 0 Å². The van der Waals surface area contributed by atoms with Gasteiger partial charge in [0.25, 0.3) is 0 Å². The minimum atomic E-state index is -1.05. The zero-order chi connectivity index (χ0) is 21.6. The summed E-state index contributed by atoms with van der Waals surface area (Å²) in [5.41, 5.74) is 1.02. The molecule has 0 bridgehead atoms. The van der Waals surface area contributed by atoms with Crippen LogP contribution in [0.2, 0.25) is 5.02 Å². The van der Waals surface area contributed by atoms with Gasteiger partial charge in [-0.15, -0.1) is 0 Å². The summed E-state index contributed by atoms with van der Waals surface area (Å²) in [6, 6.07) is 4.77. The molecule has 1 N–H and O–H groups in total. The summed E-state index contributed by atoms with van der Waals surface area (Å²) in [4.78, 5) is 22.4. The molecule has 0 saturated carbocycles. The summed E-state index contributed by atoms with van der Waals surface area (Å²) in [6.45, 7) is 9.84. The summed E-state index contributed by atoms with van der Waals surface area (Å²) >= 11 is 6.62. The number of amides is 1. The molecule has 1 saturated heterocycles. The minimum Gasteiger partial charge on any atom is -0.481 e. The van der Waals surface area contributed by atoms with Gasteiger partial charge in [0.1, 0.15) is 5.72 Å². The van der Waals surface area contributed by atoms with Gasteiger partial charge in [-0.2, -0.15) is 4.98 Å². The molecule has 0 radical (unpaired) electrons. The number of carbonyl (C=O) groups is 1. The number of halogens is 1. The number of hydrogen-bond acceptors (Lipinski definition) is 5. The first-order valence-corrected chi connectivity index (χ1v) is 9.71. The lowest BCUT2D eigenvalue weighted by Gasteiger charge is -2.33. The Morgan fingerprint density at radius 2 is 2.03 bits per heavy atom. The molecular formula is C21H26ClN3O4. The molecule has 156 valence electrons. The van der Waals surface area contributed by atoms with E-state index in [9.17, 15) is 9.90 Å². The van der Waals surface area contributed by atoms with Crippen molar-refractivity contribution in [1.82, 2.24) is 14.9 Å². The maximum atomic E-state index is 12.1. The van der Waals surface area contributed by atoms with E-state index in [1.807, 2.05) is 26.8 Å². The van der Waals surface area contributed by atoms with E-state index < -0.39 is 17.9 Å². The number of nitrogens with zero attached hydrogens (tertiary/aromatic N) is 3. The molecule has 0 spiro atoms. The summed E-state index contributed by atoms with van der Waals surface area (Å²) in [7, 11) is 1.54. The molecule has 1 amide bonds. The molecule has 2 heterocycles. The Bertz CT molecular complexity index is 940. The third-order valence-corrected chi connectivity index (χ3v) is 5.37. The number of aromatic nitrogens is 2. The fraction of sp³-hybridized carbons (Fsp3) is 0.476. The SMILES string of the molecule is COc1ccnc(-c2c([C@H]3COC(C)(C)N3C(=O)O)ccc(Cl)c2C(C)(C)C)n1. The first-order chi connectivity index (χ1) is 13.5. The van der Waals surface area contributed by atoms with Gasteiger partial charge >= 0.3 is 6.09 Å². The lowest BCUT2D eigenvalue weighted by atomic mass is 9.80. The van der Waals surface area contributed by atoms with Crippen molar-refractivity contribution in [2.24, 2.45) is 0 Å². The van der Waals surface area contributed by atoms with E-state index in [2.05, 4.69) is 9.97 Å². The van der Waals surface area contributed by atoms with Crippen LogP contribution in [0.25, 0.3) is 11.4 Å². The quantitative estimate of drug-likeness (QED) is 0.762. The second-order valence-electron chi connectivity index (χ2n) is 8.49. The molecule has 7 nitrogen and oxygen atoms in total. The van der Waals surface area contributed by atoms with Crippen LogP contribution < -0.4 is 4.74 Å². The van der Waals surface area contributed by atoms with E-state index in [0.29, 0.717) is 22.3 Å². The lowest BCUT2D eigenvalue weighted by molar-refractivity contribution is -0.0420. The fourth-order valence-corrected chi connectivity index (χ4v) is 4.26. The first-order valence-electron chi connectivity index (χ1n) is 9.34. The zero-order valence-corrected chi connectivity index (χ0v) is 18.2. The third kappa shape index (κ3) is 3.89. The van der Waals surface area contributed by atoms with Gasteiger partial charge in [-0.3, -0.25) is 4.90 Å². The van der Waals surface area contributed by atoms with Crippen LogP contribution in [0.1, 0.15) is 51.8 Å². The van der Waals surface area contributed by atoms with E-state index in [1.54, 1.807) is 32.2 Å². The largest absolute Gasteiger partial charge is 0.481 e. The molecule has 1 fully saturated rings. The van der Waals surface area contributed by atoms with Gasteiger partial charge in [-0.05, 0) is 36.5 Å². The smallest absolute Gasteiger partial charge is 0.410 e. The highest BCUT2D eigenvalue weighted by Gasteiger charge is 2.46. The summed E-state index contributed by atoms with van der Waals surface area (Å²) in [5, 5.41) is 10.4. The fourth-order valence-electron chi connectivity index (χ4n) is 3.82. The predicted molar refractivity (Wildman–Crippen MR) is 110 cm³/mol. The molecule has 1 atom stereocenters. The zero-order valence-electron chi connectivity index (χ0n) is 17.5. The average molecular weight is 420 g/mol. The summed E-state index contributed by atoms with van der Waals surface area (Å²) < 4.78 is 11.1. The molecule has 1 aliphatic heterocycles. The highest BCUT2D eigenvalue weighted by Crippen LogP contribution is 2.45. The number of carboxylic acid groups (broad SMARTS) is 1. The number of ether oxygens (including phenoxy) is 2. The highest BCUT2D eigenvalue weighted by molar-refractivity contribution is 6.32. The molecule has 0 aliphatic carbocycles. The van der Waals surface area contributed by atoms with E-state index in [4.69, 9.17) is 21.1 Å². The molecule has 3 rings (SSSR count). The van der Waals surface area contributed by atoms with Gasteiger partial charge in [0.2, 0.25) is 5.88 Å². The van der Waals surface area contributed by atoms with Crippen LogP contribution >= 0.6 is 11.6 Å². The van der Waals surface area contributed by atoms with Gasteiger partial charge in [0.05, 0.1) is 19.8 Å². The first kappa shape index (κ1) is 21.3. The number of rotatable bonds is 3. The molecule has 0 unspecified atom stereocenters. The Labute approximate surface area is 175 Å². The molecular weight excluding hydrogens is 394 g/mol. The summed E-state index contributed by atoms with van der Waals surface area (Å²) in [5.74, 6) is 0.848. The van der Waals surface area contributed by atoms with E-state index in [1.165, 1.54) is 12.0 Å². The van der Waals surface area contributed by atoms with Gasteiger partial charge in [0.15, 0.2) is 5.82 Å². The maximum absolute atomic E-state index is 12.1. The lowest BCUT2D eigenvalue weighted by Crippen LogP contribution is -2.44. The molecule has 1 aromatic carbocycles. The van der Waals surface area contributed by atoms with Crippen molar-refractivity contribution in [1.29, 1.82) is 0 Å². The standard InChI is InChI=1S/C21H26ClN3O4/c1-20(2,3)17-13(22)8-7-12(14-11-29-21(4,5)25(14)19(26)27)16(17)18-23-10-9-15(24-18)28-6/h7-10,14H,11H2,1-6H3,(H,26,27)/t14-/m1/s1. The molecule has 2 aromatic rings. The van der Waals surface area contributed by atoms with Crippen LogP contribution in [0.5, 0.6) is 5.88 Å². The Morgan fingerprint density at radius 1 is 1.34 bits per heavy atom. The van der Waals surface area contributed by atoms with Crippen molar-refractivity contribution < 1.29 is 19.4 Å². The monoisotopic (exact) mass is 419 g/mol. The van der Waals surface area contributed by atoms with Gasteiger partial charge in [0, 0.05) is 22.8 Å². The maximum Gasteiger partial charge on any atom is 0.410 e.